The van der Waals surface area contributed by atoms with E-state index in [0.717, 1.165) is 18.1 Å². The highest BCUT2D eigenvalue weighted by Crippen LogP contribution is 2.14. The van der Waals surface area contributed by atoms with Crippen molar-refractivity contribution in [1.82, 2.24) is 20.1 Å². The van der Waals surface area contributed by atoms with E-state index in [9.17, 15) is 0 Å². The zero-order valence-electron chi connectivity index (χ0n) is 12.4. The zero-order valence-corrected chi connectivity index (χ0v) is 12.4. The first-order valence-corrected chi connectivity index (χ1v) is 6.58. The van der Waals surface area contributed by atoms with Crippen LogP contribution in [0.5, 0.6) is 0 Å². The fraction of sp³-hybridized carbons (Fsp3) is 0.467. The van der Waals surface area contributed by atoms with Crippen LogP contribution >= 0.6 is 0 Å². The summed E-state index contributed by atoms with van der Waals surface area (Å²) in [6, 6.07) is 4.03. The molecule has 0 aromatic carbocycles. The molecule has 1 N–H and O–H groups in total. The average Bonchev–Trinajstić information content (AvgIpc) is 2.67. The van der Waals surface area contributed by atoms with Gasteiger partial charge in [-0.25, -0.2) is 9.67 Å². The quantitative estimate of drug-likeness (QED) is 0.920. The van der Waals surface area contributed by atoms with E-state index < -0.39 is 0 Å². The van der Waals surface area contributed by atoms with Gasteiger partial charge in [0.25, 0.3) is 0 Å². The molecule has 0 amide bonds. The lowest BCUT2D eigenvalue weighted by Gasteiger charge is -2.20. The Bertz CT molecular complexity index is 564. The lowest BCUT2D eigenvalue weighted by molar-refractivity contribution is 0.424. The van der Waals surface area contributed by atoms with Crippen molar-refractivity contribution in [3.05, 3.63) is 41.3 Å². The van der Waals surface area contributed by atoms with Gasteiger partial charge in [-0.15, -0.1) is 0 Å². The molecule has 2 aromatic rings. The maximum absolute atomic E-state index is 4.44. The molecular formula is C15H22N4. The van der Waals surface area contributed by atoms with Crippen LogP contribution in [-0.4, -0.2) is 20.3 Å². The summed E-state index contributed by atoms with van der Waals surface area (Å²) in [7, 11) is 0. The van der Waals surface area contributed by atoms with Crippen LogP contribution in [0.3, 0.4) is 0 Å². The van der Waals surface area contributed by atoms with Crippen LogP contribution in [0.25, 0.3) is 5.82 Å². The molecule has 0 aliphatic heterocycles. The molecule has 0 fully saturated rings. The number of rotatable bonds is 3. The second-order valence-electron chi connectivity index (χ2n) is 5.96. The Morgan fingerprint density at radius 1 is 1.26 bits per heavy atom. The van der Waals surface area contributed by atoms with Gasteiger partial charge in [-0.3, -0.25) is 0 Å². The molecule has 2 aromatic heterocycles. The highest BCUT2D eigenvalue weighted by molar-refractivity contribution is 5.31. The number of hydrogen-bond donors (Lipinski definition) is 1. The predicted molar refractivity (Wildman–Crippen MR) is 77.4 cm³/mol. The molecule has 0 spiro atoms. The number of aryl methyl sites for hydroxylation is 1. The van der Waals surface area contributed by atoms with E-state index in [1.165, 1.54) is 11.1 Å². The smallest absolute Gasteiger partial charge is 0.153 e. The van der Waals surface area contributed by atoms with E-state index in [0.29, 0.717) is 0 Å². The molecule has 2 heterocycles. The van der Waals surface area contributed by atoms with E-state index in [2.05, 4.69) is 50.0 Å². The molecular weight excluding hydrogens is 236 g/mol. The van der Waals surface area contributed by atoms with Crippen molar-refractivity contribution in [2.75, 3.05) is 0 Å². The molecule has 4 heteroatoms. The van der Waals surface area contributed by atoms with Crippen LogP contribution < -0.4 is 5.32 Å². The SMILES string of the molecule is Cc1ccnc(-n2ncc(CNC(C)(C)C)c2C)c1. The van der Waals surface area contributed by atoms with Gasteiger partial charge in [0.15, 0.2) is 5.82 Å². The second-order valence-corrected chi connectivity index (χ2v) is 5.96. The normalized spacial score (nSPS) is 11.8. The molecule has 0 saturated carbocycles. The van der Waals surface area contributed by atoms with E-state index >= 15 is 0 Å². The second kappa shape index (κ2) is 5.13. The van der Waals surface area contributed by atoms with Crippen LogP contribution in [0.1, 0.15) is 37.6 Å². The van der Waals surface area contributed by atoms with Gasteiger partial charge in [0.1, 0.15) is 0 Å². The number of hydrogen-bond acceptors (Lipinski definition) is 3. The van der Waals surface area contributed by atoms with Gasteiger partial charge in [0.05, 0.1) is 6.20 Å². The molecule has 0 radical (unpaired) electrons. The minimum Gasteiger partial charge on any atom is -0.308 e. The van der Waals surface area contributed by atoms with E-state index in [-0.39, 0.29) is 5.54 Å². The molecule has 102 valence electrons. The summed E-state index contributed by atoms with van der Waals surface area (Å²) in [5, 5.41) is 7.92. The van der Waals surface area contributed by atoms with Crippen molar-refractivity contribution < 1.29 is 0 Å². The predicted octanol–water partition coefficient (Wildman–Crippen LogP) is 2.77. The molecule has 0 bridgehead atoms. The Morgan fingerprint density at radius 2 is 2.00 bits per heavy atom. The minimum absolute atomic E-state index is 0.107. The third-order valence-corrected chi connectivity index (χ3v) is 3.04. The minimum atomic E-state index is 0.107. The standard InChI is InChI=1S/C15H22N4/c1-11-6-7-16-14(8-11)19-12(2)13(10-18-19)9-17-15(3,4)5/h6-8,10,17H,9H2,1-5H3. The molecule has 4 nitrogen and oxygen atoms in total. The molecule has 0 aliphatic rings. The molecule has 19 heavy (non-hydrogen) atoms. The van der Waals surface area contributed by atoms with Crippen molar-refractivity contribution in [1.29, 1.82) is 0 Å². The van der Waals surface area contributed by atoms with E-state index in [1.54, 1.807) is 0 Å². The Labute approximate surface area is 114 Å². The Kier molecular flexibility index (Phi) is 3.71. The summed E-state index contributed by atoms with van der Waals surface area (Å²) in [6.07, 6.45) is 3.73. The molecule has 0 atom stereocenters. The lowest BCUT2D eigenvalue weighted by atomic mass is 10.1. The molecule has 2 rings (SSSR count). The van der Waals surface area contributed by atoms with Crippen LogP contribution in [-0.2, 0) is 6.54 Å². The van der Waals surface area contributed by atoms with E-state index in [4.69, 9.17) is 0 Å². The maximum Gasteiger partial charge on any atom is 0.153 e. The van der Waals surface area contributed by atoms with Crippen molar-refractivity contribution in [2.24, 2.45) is 0 Å². The summed E-state index contributed by atoms with van der Waals surface area (Å²) in [5.74, 6) is 0.875. The van der Waals surface area contributed by atoms with Crippen molar-refractivity contribution in [3.8, 4) is 5.82 Å². The number of nitrogens with one attached hydrogen (secondary N) is 1. The van der Waals surface area contributed by atoms with Gasteiger partial charge in [0, 0.05) is 29.5 Å². The fourth-order valence-corrected chi connectivity index (χ4v) is 1.84. The van der Waals surface area contributed by atoms with Crippen LogP contribution in [0.4, 0.5) is 0 Å². The highest BCUT2D eigenvalue weighted by Gasteiger charge is 2.13. The average molecular weight is 258 g/mol. The van der Waals surface area contributed by atoms with Crippen molar-refractivity contribution >= 4 is 0 Å². The van der Waals surface area contributed by atoms with Gasteiger partial charge < -0.3 is 5.32 Å². The highest BCUT2D eigenvalue weighted by atomic mass is 15.3. The third-order valence-electron chi connectivity index (χ3n) is 3.04. The Balaban J connectivity index is 2.23. The maximum atomic E-state index is 4.44. The molecule has 0 saturated heterocycles. The third kappa shape index (κ3) is 3.41. The number of nitrogens with zero attached hydrogens (tertiary/aromatic N) is 3. The zero-order chi connectivity index (χ0) is 14.0. The Morgan fingerprint density at radius 3 is 2.63 bits per heavy atom. The van der Waals surface area contributed by atoms with Gasteiger partial charge in [0.2, 0.25) is 0 Å². The Hall–Kier alpha value is -1.68. The van der Waals surface area contributed by atoms with Gasteiger partial charge in [-0.05, 0) is 52.3 Å². The van der Waals surface area contributed by atoms with Gasteiger partial charge in [-0.1, -0.05) is 0 Å². The monoisotopic (exact) mass is 258 g/mol. The summed E-state index contributed by atoms with van der Waals surface area (Å²) in [6.45, 7) is 11.4. The van der Waals surface area contributed by atoms with E-state index in [1.807, 2.05) is 29.2 Å². The first-order valence-electron chi connectivity index (χ1n) is 6.58. The first-order chi connectivity index (χ1) is 8.87. The largest absolute Gasteiger partial charge is 0.308 e. The van der Waals surface area contributed by atoms with Crippen molar-refractivity contribution in [3.63, 3.8) is 0 Å². The molecule has 0 unspecified atom stereocenters. The van der Waals surface area contributed by atoms with Crippen LogP contribution in [0.15, 0.2) is 24.5 Å². The van der Waals surface area contributed by atoms with Gasteiger partial charge in [-0.2, -0.15) is 5.10 Å². The fourth-order valence-electron chi connectivity index (χ4n) is 1.84. The molecule has 0 aliphatic carbocycles. The first kappa shape index (κ1) is 13.7. The summed E-state index contributed by atoms with van der Waals surface area (Å²) < 4.78 is 1.90. The lowest BCUT2D eigenvalue weighted by Crippen LogP contribution is -2.35. The van der Waals surface area contributed by atoms with Gasteiger partial charge >= 0.3 is 0 Å². The number of pyridine rings is 1. The van der Waals surface area contributed by atoms with Crippen LogP contribution in [0, 0.1) is 13.8 Å². The summed E-state index contributed by atoms with van der Waals surface area (Å²) in [5.41, 5.74) is 3.64. The summed E-state index contributed by atoms with van der Waals surface area (Å²) in [4.78, 5) is 4.37. The van der Waals surface area contributed by atoms with Crippen molar-refractivity contribution in [2.45, 2.75) is 46.7 Å². The van der Waals surface area contributed by atoms with Crippen LogP contribution in [0.2, 0.25) is 0 Å². The topological polar surface area (TPSA) is 42.7 Å². The summed E-state index contributed by atoms with van der Waals surface area (Å²) >= 11 is 0. The number of aromatic nitrogens is 3.